The number of hydrogen-bond acceptors (Lipinski definition) is 4. The summed E-state index contributed by atoms with van der Waals surface area (Å²) in [6, 6.07) is 4.29. The molecule has 1 aliphatic rings. The van der Waals surface area contributed by atoms with Crippen molar-refractivity contribution in [2.75, 3.05) is 13.2 Å². The maximum absolute atomic E-state index is 8.88. The molecule has 1 fully saturated rings. The molecule has 1 aromatic rings. The third kappa shape index (κ3) is 3.63. The van der Waals surface area contributed by atoms with Gasteiger partial charge in [-0.2, -0.15) is 5.10 Å². The van der Waals surface area contributed by atoms with E-state index in [0.717, 1.165) is 31.6 Å². The van der Waals surface area contributed by atoms with Crippen LogP contribution in [-0.4, -0.2) is 39.4 Å². The topological polar surface area (TPSA) is 49.2 Å². The summed E-state index contributed by atoms with van der Waals surface area (Å²) in [4.78, 5) is 2.42. The van der Waals surface area contributed by atoms with Gasteiger partial charge in [0.2, 0.25) is 0 Å². The minimum atomic E-state index is 0.283. The quantitative estimate of drug-likeness (QED) is 0.873. The van der Waals surface area contributed by atoms with Gasteiger partial charge in [-0.1, -0.05) is 11.6 Å². The van der Waals surface area contributed by atoms with E-state index in [1.165, 1.54) is 12.8 Å². The molecule has 1 aromatic heterocycles. The van der Waals surface area contributed by atoms with Gasteiger partial charge in [0, 0.05) is 19.2 Å². The summed E-state index contributed by atoms with van der Waals surface area (Å²) in [5.41, 5.74) is 0.963. The van der Waals surface area contributed by atoms with Crippen LogP contribution in [-0.2, 0) is 6.54 Å². The lowest BCUT2D eigenvalue weighted by atomic mass is 10.1. The number of nitrogens with zero attached hydrogens (tertiary/aromatic N) is 3. The van der Waals surface area contributed by atoms with Crippen molar-refractivity contribution >= 4 is 11.6 Å². The van der Waals surface area contributed by atoms with Gasteiger partial charge in [0.15, 0.2) is 5.15 Å². The molecule has 1 N–H and O–H groups in total. The van der Waals surface area contributed by atoms with Crippen LogP contribution in [0.5, 0.6) is 0 Å². The number of aliphatic hydroxyl groups is 1. The molecule has 17 heavy (non-hydrogen) atoms. The highest BCUT2D eigenvalue weighted by atomic mass is 35.5. The van der Waals surface area contributed by atoms with E-state index in [-0.39, 0.29) is 6.61 Å². The van der Waals surface area contributed by atoms with Gasteiger partial charge in [-0.3, -0.25) is 4.90 Å². The Morgan fingerprint density at radius 3 is 3.00 bits per heavy atom. The summed E-state index contributed by atoms with van der Waals surface area (Å²) >= 11 is 5.71. The highest BCUT2D eigenvalue weighted by molar-refractivity contribution is 6.29. The molecule has 1 saturated heterocycles. The van der Waals surface area contributed by atoms with Gasteiger partial charge < -0.3 is 5.11 Å². The summed E-state index contributed by atoms with van der Waals surface area (Å²) in [6.45, 7) is 2.23. The van der Waals surface area contributed by atoms with Crippen LogP contribution in [0.1, 0.15) is 31.4 Å². The zero-order valence-corrected chi connectivity index (χ0v) is 10.6. The van der Waals surface area contributed by atoms with Crippen molar-refractivity contribution in [3.63, 3.8) is 0 Å². The maximum Gasteiger partial charge on any atom is 0.151 e. The van der Waals surface area contributed by atoms with E-state index < -0.39 is 0 Å². The third-order valence-electron chi connectivity index (χ3n) is 3.25. The molecule has 0 aliphatic carbocycles. The molecule has 1 unspecified atom stereocenters. The van der Waals surface area contributed by atoms with Gasteiger partial charge in [0.25, 0.3) is 0 Å². The average molecular weight is 256 g/mol. The molecule has 94 valence electrons. The maximum atomic E-state index is 8.88. The van der Waals surface area contributed by atoms with Crippen molar-refractivity contribution in [2.45, 2.75) is 38.3 Å². The smallest absolute Gasteiger partial charge is 0.151 e. The summed E-state index contributed by atoms with van der Waals surface area (Å²) in [7, 11) is 0. The van der Waals surface area contributed by atoms with E-state index in [4.69, 9.17) is 16.7 Å². The third-order valence-corrected chi connectivity index (χ3v) is 3.45. The van der Waals surface area contributed by atoms with Crippen molar-refractivity contribution in [1.82, 2.24) is 15.1 Å². The molecule has 2 heterocycles. The van der Waals surface area contributed by atoms with Crippen molar-refractivity contribution in [1.29, 1.82) is 0 Å². The molecule has 0 saturated carbocycles. The molecule has 0 amide bonds. The minimum Gasteiger partial charge on any atom is -0.396 e. The second-order valence-electron chi connectivity index (χ2n) is 4.48. The lowest BCUT2D eigenvalue weighted by Gasteiger charge is -2.23. The van der Waals surface area contributed by atoms with Crippen LogP contribution in [0.4, 0.5) is 0 Å². The van der Waals surface area contributed by atoms with Crippen LogP contribution in [0.2, 0.25) is 5.15 Å². The zero-order chi connectivity index (χ0) is 12.1. The van der Waals surface area contributed by atoms with Crippen molar-refractivity contribution < 1.29 is 5.11 Å². The Hall–Kier alpha value is -0.710. The molecule has 2 rings (SSSR count). The normalized spacial score (nSPS) is 20.9. The average Bonchev–Trinajstić information content (AvgIpc) is 2.77. The van der Waals surface area contributed by atoms with Gasteiger partial charge in [-0.05, 0) is 44.4 Å². The molecular weight excluding hydrogens is 238 g/mol. The second-order valence-corrected chi connectivity index (χ2v) is 4.87. The molecule has 5 heteroatoms. The molecule has 0 spiro atoms. The largest absolute Gasteiger partial charge is 0.396 e. The zero-order valence-electron chi connectivity index (χ0n) is 9.85. The SMILES string of the molecule is OCCCC1CCCN1Cc1ccc(Cl)nn1. The number of aliphatic hydroxyl groups excluding tert-OH is 1. The Kier molecular flexibility index (Phi) is 4.71. The first kappa shape index (κ1) is 12.7. The predicted octanol–water partition coefficient (Wildman–Crippen LogP) is 1.87. The lowest BCUT2D eigenvalue weighted by molar-refractivity contribution is 0.208. The molecule has 0 aromatic carbocycles. The number of halogens is 1. The van der Waals surface area contributed by atoms with E-state index in [1.54, 1.807) is 6.07 Å². The first-order valence-electron chi connectivity index (χ1n) is 6.12. The Morgan fingerprint density at radius 1 is 1.41 bits per heavy atom. The summed E-state index contributed by atoms with van der Waals surface area (Å²) in [5.74, 6) is 0. The van der Waals surface area contributed by atoms with Crippen molar-refractivity contribution in [3.8, 4) is 0 Å². The van der Waals surface area contributed by atoms with E-state index >= 15 is 0 Å². The predicted molar refractivity (Wildman–Crippen MR) is 66.8 cm³/mol. The van der Waals surface area contributed by atoms with Gasteiger partial charge in [0.05, 0.1) is 5.69 Å². The van der Waals surface area contributed by atoms with E-state index in [1.807, 2.05) is 6.07 Å². The molecule has 4 nitrogen and oxygen atoms in total. The van der Waals surface area contributed by atoms with Crippen molar-refractivity contribution in [2.24, 2.45) is 0 Å². The van der Waals surface area contributed by atoms with Gasteiger partial charge in [0.1, 0.15) is 0 Å². The first-order chi connectivity index (χ1) is 8.29. The lowest BCUT2D eigenvalue weighted by Crippen LogP contribution is -2.29. The highest BCUT2D eigenvalue weighted by Crippen LogP contribution is 2.22. The monoisotopic (exact) mass is 255 g/mol. The summed E-state index contributed by atoms with van der Waals surface area (Å²) in [5, 5.41) is 17.3. The summed E-state index contributed by atoms with van der Waals surface area (Å²) < 4.78 is 0. The molecule has 1 aliphatic heterocycles. The summed E-state index contributed by atoms with van der Waals surface area (Å²) in [6.07, 6.45) is 4.41. The van der Waals surface area contributed by atoms with Gasteiger partial charge in [-0.15, -0.1) is 5.10 Å². The highest BCUT2D eigenvalue weighted by Gasteiger charge is 2.24. The van der Waals surface area contributed by atoms with Gasteiger partial charge >= 0.3 is 0 Å². The van der Waals surface area contributed by atoms with Crippen LogP contribution in [0.15, 0.2) is 12.1 Å². The fourth-order valence-electron chi connectivity index (χ4n) is 2.39. The fourth-order valence-corrected chi connectivity index (χ4v) is 2.49. The van der Waals surface area contributed by atoms with Crippen LogP contribution >= 0.6 is 11.6 Å². The minimum absolute atomic E-state index is 0.283. The second kappa shape index (κ2) is 6.28. The number of likely N-dealkylation sites (tertiary alicyclic amines) is 1. The van der Waals surface area contributed by atoms with Gasteiger partial charge in [-0.25, -0.2) is 0 Å². The van der Waals surface area contributed by atoms with E-state index in [9.17, 15) is 0 Å². The first-order valence-corrected chi connectivity index (χ1v) is 6.50. The molecular formula is C12H18ClN3O. The van der Waals surface area contributed by atoms with Crippen LogP contribution in [0, 0.1) is 0 Å². The fraction of sp³-hybridized carbons (Fsp3) is 0.667. The Bertz CT molecular complexity index is 344. The van der Waals surface area contributed by atoms with Crippen LogP contribution < -0.4 is 0 Å². The Morgan fingerprint density at radius 2 is 2.29 bits per heavy atom. The molecule has 1 atom stereocenters. The number of hydrogen-bond donors (Lipinski definition) is 1. The Balaban J connectivity index is 1.90. The molecule has 0 radical (unpaired) electrons. The Labute approximate surface area is 107 Å². The number of rotatable bonds is 5. The molecule has 0 bridgehead atoms. The van der Waals surface area contributed by atoms with Crippen molar-refractivity contribution in [3.05, 3.63) is 23.0 Å². The van der Waals surface area contributed by atoms with E-state index in [2.05, 4.69) is 15.1 Å². The van der Waals surface area contributed by atoms with Crippen LogP contribution in [0.25, 0.3) is 0 Å². The van der Waals surface area contributed by atoms with E-state index in [0.29, 0.717) is 11.2 Å². The number of aromatic nitrogens is 2. The van der Waals surface area contributed by atoms with Crippen LogP contribution in [0.3, 0.4) is 0 Å². The standard InChI is InChI=1S/C12H18ClN3O/c13-12-6-5-10(14-15-12)9-16-7-1-3-11(16)4-2-8-17/h5-6,11,17H,1-4,7-9H2.